The number of hydrogen-bond acceptors (Lipinski definition) is 3. The van der Waals surface area contributed by atoms with Gasteiger partial charge in [0, 0.05) is 12.6 Å². The Hall–Kier alpha value is -0.510. The van der Waals surface area contributed by atoms with E-state index in [9.17, 15) is 0 Å². The number of hydrogen-bond donors (Lipinski definition) is 1. The SMILES string of the molecule is CSCCCC(CN)N1CCC(Cc2ccccc2)CC1. The first-order valence-corrected chi connectivity index (χ1v) is 9.70. The first-order chi connectivity index (χ1) is 10.3. The van der Waals surface area contributed by atoms with Crippen LogP contribution in [0.4, 0.5) is 0 Å². The highest BCUT2D eigenvalue weighted by Crippen LogP contribution is 2.24. The summed E-state index contributed by atoms with van der Waals surface area (Å²) < 4.78 is 0. The maximum Gasteiger partial charge on any atom is 0.0218 e. The number of rotatable bonds is 8. The first-order valence-electron chi connectivity index (χ1n) is 8.30. The Morgan fingerprint density at radius 3 is 2.57 bits per heavy atom. The molecule has 0 aliphatic carbocycles. The second-order valence-corrected chi connectivity index (χ2v) is 7.18. The summed E-state index contributed by atoms with van der Waals surface area (Å²) >= 11 is 1.94. The van der Waals surface area contributed by atoms with Crippen molar-refractivity contribution >= 4 is 11.8 Å². The summed E-state index contributed by atoms with van der Waals surface area (Å²) in [6, 6.07) is 11.5. The molecule has 1 saturated heterocycles. The van der Waals surface area contributed by atoms with Crippen molar-refractivity contribution in [3.63, 3.8) is 0 Å². The van der Waals surface area contributed by atoms with E-state index in [2.05, 4.69) is 41.5 Å². The molecule has 1 heterocycles. The van der Waals surface area contributed by atoms with Crippen molar-refractivity contribution in [2.24, 2.45) is 11.7 Å². The van der Waals surface area contributed by atoms with Gasteiger partial charge in [-0.1, -0.05) is 30.3 Å². The van der Waals surface area contributed by atoms with E-state index in [0.717, 1.165) is 12.5 Å². The Labute approximate surface area is 134 Å². The summed E-state index contributed by atoms with van der Waals surface area (Å²) in [4.78, 5) is 2.64. The third-order valence-electron chi connectivity index (χ3n) is 4.69. The fraction of sp³-hybridized carbons (Fsp3) is 0.667. The third kappa shape index (κ3) is 5.65. The van der Waals surface area contributed by atoms with Gasteiger partial charge < -0.3 is 5.73 Å². The van der Waals surface area contributed by atoms with E-state index >= 15 is 0 Å². The molecule has 118 valence electrons. The van der Waals surface area contributed by atoms with Gasteiger partial charge in [-0.3, -0.25) is 4.90 Å². The van der Waals surface area contributed by atoms with Crippen LogP contribution in [0.3, 0.4) is 0 Å². The zero-order valence-corrected chi connectivity index (χ0v) is 14.2. The number of likely N-dealkylation sites (tertiary alicyclic amines) is 1. The highest BCUT2D eigenvalue weighted by atomic mass is 32.2. The molecule has 1 aromatic rings. The molecule has 1 aromatic carbocycles. The number of nitrogens with two attached hydrogens (primary N) is 1. The Morgan fingerprint density at radius 2 is 1.95 bits per heavy atom. The van der Waals surface area contributed by atoms with Crippen molar-refractivity contribution < 1.29 is 0 Å². The molecule has 1 atom stereocenters. The number of thioether (sulfide) groups is 1. The fourth-order valence-corrected chi connectivity index (χ4v) is 3.84. The molecule has 1 aliphatic rings. The molecule has 2 nitrogen and oxygen atoms in total. The van der Waals surface area contributed by atoms with Crippen molar-refractivity contribution in [1.29, 1.82) is 0 Å². The van der Waals surface area contributed by atoms with Gasteiger partial charge in [0.2, 0.25) is 0 Å². The van der Waals surface area contributed by atoms with E-state index in [1.165, 1.54) is 56.5 Å². The van der Waals surface area contributed by atoms with Gasteiger partial charge in [0.1, 0.15) is 0 Å². The van der Waals surface area contributed by atoms with Crippen LogP contribution >= 0.6 is 11.8 Å². The molecule has 0 amide bonds. The first kappa shape index (κ1) is 16.9. The summed E-state index contributed by atoms with van der Waals surface area (Å²) in [5, 5.41) is 0. The minimum atomic E-state index is 0.606. The van der Waals surface area contributed by atoms with Gasteiger partial charge in [-0.25, -0.2) is 0 Å². The molecule has 1 aliphatic heterocycles. The van der Waals surface area contributed by atoms with Crippen LogP contribution in [0, 0.1) is 5.92 Å². The molecule has 0 aromatic heterocycles. The number of piperidine rings is 1. The largest absolute Gasteiger partial charge is 0.329 e. The smallest absolute Gasteiger partial charge is 0.0218 e. The zero-order chi connectivity index (χ0) is 14.9. The van der Waals surface area contributed by atoms with Crippen LogP contribution in [0.5, 0.6) is 0 Å². The second-order valence-electron chi connectivity index (χ2n) is 6.19. The average molecular weight is 307 g/mol. The maximum atomic E-state index is 6.00. The minimum Gasteiger partial charge on any atom is -0.329 e. The molecular weight excluding hydrogens is 276 g/mol. The van der Waals surface area contributed by atoms with Gasteiger partial charge in [0.05, 0.1) is 0 Å². The Morgan fingerprint density at radius 1 is 1.24 bits per heavy atom. The lowest BCUT2D eigenvalue weighted by Crippen LogP contribution is -2.45. The molecule has 1 fully saturated rings. The monoisotopic (exact) mass is 306 g/mol. The predicted octanol–water partition coefficient (Wildman–Crippen LogP) is 3.41. The van der Waals surface area contributed by atoms with E-state index in [1.807, 2.05) is 11.8 Å². The average Bonchev–Trinajstić information content (AvgIpc) is 2.54. The molecular formula is C18H30N2S. The van der Waals surface area contributed by atoms with Crippen molar-refractivity contribution in [3.8, 4) is 0 Å². The minimum absolute atomic E-state index is 0.606. The molecule has 1 unspecified atom stereocenters. The third-order valence-corrected chi connectivity index (χ3v) is 5.39. The molecule has 2 rings (SSSR count). The lowest BCUT2D eigenvalue weighted by atomic mass is 9.89. The highest BCUT2D eigenvalue weighted by molar-refractivity contribution is 7.98. The quantitative estimate of drug-likeness (QED) is 0.746. The van der Waals surface area contributed by atoms with Crippen LogP contribution in [-0.2, 0) is 6.42 Å². The molecule has 0 radical (unpaired) electrons. The Balaban J connectivity index is 1.74. The van der Waals surface area contributed by atoms with Crippen LogP contribution in [0.25, 0.3) is 0 Å². The summed E-state index contributed by atoms with van der Waals surface area (Å²) in [5.41, 5.74) is 7.49. The van der Waals surface area contributed by atoms with E-state index < -0.39 is 0 Å². The van der Waals surface area contributed by atoms with E-state index in [-0.39, 0.29) is 0 Å². The number of nitrogens with zero attached hydrogens (tertiary/aromatic N) is 1. The zero-order valence-electron chi connectivity index (χ0n) is 13.3. The molecule has 0 spiro atoms. The van der Waals surface area contributed by atoms with Crippen LogP contribution < -0.4 is 5.73 Å². The number of benzene rings is 1. The van der Waals surface area contributed by atoms with Gasteiger partial charge in [-0.2, -0.15) is 11.8 Å². The van der Waals surface area contributed by atoms with E-state index in [0.29, 0.717) is 6.04 Å². The Kier molecular flexibility index (Phi) is 7.62. The van der Waals surface area contributed by atoms with E-state index in [1.54, 1.807) is 0 Å². The lowest BCUT2D eigenvalue weighted by molar-refractivity contribution is 0.129. The molecule has 3 heteroatoms. The Bertz CT molecular complexity index is 374. The highest BCUT2D eigenvalue weighted by Gasteiger charge is 2.24. The topological polar surface area (TPSA) is 29.3 Å². The van der Waals surface area contributed by atoms with Gasteiger partial charge in [-0.05, 0) is 68.7 Å². The van der Waals surface area contributed by atoms with Crippen LogP contribution in [0.2, 0.25) is 0 Å². The molecule has 0 bridgehead atoms. The van der Waals surface area contributed by atoms with Gasteiger partial charge in [-0.15, -0.1) is 0 Å². The second kappa shape index (κ2) is 9.50. The molecule has 2 N–H and O–H groups in total. The van der Waals surface area contributed by atoms with Crippen molar-refractivity contribution in [2.45, 2.75) is 38.1 Å². The molecule has 0 saturated carbocycles. The van der Waals surface area contributed by atoms with Crippen molar-refractivity contribution in [2.75, 3.05) is 31.6 Å². The standard InChI is InChI=1S/C18H30N2S/c1-21-13-5-8-18(15-19)20-11-9-17(10-12-20)14-16-6-3-2-4-7-16/h2-4,6-7,17-18H,5,8-15,19H2,1H3. The van der Waals surface area contributed by atoms with Gasteiger partial charge in [0.25, 0.3) is 0 Å². The maximum absolute atomic E-state index is 6.00. The van der Waals surface area contributed by atoms with Gasteiger partial charge >= 0.3 is 0 Å². The van der Waals surface area contributed by atoms with Crippen LogP contribution in [0.1, 0.15) is 31.2 Å². The van der Waals surface area contributed by atoms with Crippen LogP contribution in [0.15, 0.2) is 30.3 Å². The van der Waals surface area contributed by atoms with E-state index in [4.69, 9.17) is 5.73 Å². The summed E-state index contributed by atoms with van der Waals surface area (Å²) in [7, 11) is 0. The summed E-state index contributed by atoms with van der Waals surface area (Å²) in [5.74, 6) is 2.12. The normalized spacial score (nSPS) is 18.8. The van der Waals surface area contributed by atoms with Gasteiger partial charge in [0.15, 0.2) is 0 Å². The van der Waals surface area contributed by atoms with Crippen LogP contribution in [-0.4, -0.2) is 42.6 Å². The predicted molar refractivity (Wildman–Crippen MR) is 94.9 cm³/mol. The summed E-state index contributed by atoms with van der Waals surface area (Å²) in [6.07, 6.45) is 8.65. The van der Waals surface area contributed by atoms with Crippen molar-refractivity contribution in [3.05, 3.63) is 35.9 Å². The fourth-order valence-electron chi connectivity index (χ4n) is 3.38. The summed E-state index contributed by atoms with van der Waals surface area (Å²) in [6.45, 7) is 3.29. The molecule has 21 heavy (non-hydrogen) atoms. The van der Waals surface area contributed by atoms with Crippen molar-refractivity contribution in [1.82, 2.24) is 4.90 Å². The lowest BCUT2D eigenvalue weighted by Gasteiger charge is -2.37.